The van der Waals surface area contributed by atoms with Crippen LogP contribution in [0.1, 0.15) is 27.2 Å². The molecule has 1 fully saturated rings. The van der Waals surface area contributed by atoms with Crippen LogP contribution >= 0.6 is 12.2 Å². The standard InChI is InChI=1S/C9H18N2OS/c1-4-5-11-8(13)10-6-7(2)9(11,3)12/h7,12H,4-6H2,1-3H3,(H,10,13). The van der Waals surface area contributed by atoms with Gasteiger partial charge in [0.2, 0.25) is 0 Å². The van der Waals surface area contributed by atoms with Crippen molar-refractivity contribution in [2.24, 2.45) is 5.92 Å². The van der Waals surface area contributed by atoms with Gasteiger partial charge in [-0.05, 0) is 25.6 Å². The summed E-state index contributed by atoms with van der Waals surface area (Å²) in [6.07, 6.45) is 0.991. The van der Waals surface area contributed by atoms with Crippen molar-refractivity contribution in [1.82, 2.24) is 10.2 Å². The molecule has 0 aromatic rings. The van der Waals surface area contributed by atoms with Crippen molar-refractivity contribution < 1.29 is 5.11 Å². The Morgan fingerprint density at radius 1 is 1.77 bits per heavy atom. The zero-order chi connectivity index (χ0) is 10.1. The number of hydrogen-bond donors (Lipinski definition) is 2. The van der Waals surface area contributed by atoms with Crippen LogP contribution in [0, 0.1) is 5.92 Å². The molecule has 1 rings (SSSR count). The fourth-order valence-electron chi connectivity index (χ4n) is 1.55. The number of thiocarbonyl (C=S) groups is 1. The molecule has 0 bridgehead atoms. The van der Waals surface area contributed by atoms with Crippen LogP contribution in [0.25, 0.3) is 0 Å². The Morgan fingerprint density at radius 3 is 2.92 bits per heavy atom. The van der Waals surface area contributed by atoms with Crippen LogP contribution in [0.2, 0.25) is 0 Å². The summed E-state index contributed by atoms with van der Waals surface area (Å²) in [6, 6.07) is 0. The normalized spacial score (nSPS) is 34.6. The summed E-state index contributed by atoms with van der Waals surface area (Å²) in [5.74, 6) is 0.200. The Bertz CT molecular complexity index is 206. The van der Waals surface area contributed by atoms with E-state index in [1.165, 1.54) is 0 Å². The van der Waals surface area contributed by atoms with Gasteiger partial charge in [-0.1, -0.05) is 13.8 Å². The third-order valence-corrected chi connectivity index (χ3v) is 3.10. The van der Waals surface area contributed by atoms with E-state index < -0.39 is 5.72 Å². The van der Waals surface area contributed by atoms with Gasteiger partial charge in [0, 0.05) is 19.0 Å². The van der Waals surface area contributed by atoms with Crippen molar-refractivity contribution in [2.75, 3.05) is 13.1 Å². The van der Waals surface area contributed by atoms with Crippen molar-refractivity contribution >= 4 is 17.3 Å². The van der Waals surface area contributed by atoms with Crippen LogP contribution in [0.15, 0.2) is 0 Å². The van der Waals surface area contributed by atoms with Gasteiger partial charge >= 0.3 is 0 Å². The lowest BCUT2D eigenvalue weighted by atomic mass is 9.95. The SMILES string of the molecule is CCCN1C(=S)NCC(C)C1(C)O. The lowest BCUT2D eigenvalue weighted by Gasteiger charge is -2.46. The molecular weight excluding hydrogens is 184 g/mol. The average Bonchev–Trinajstić information content (AvgIpc) is 2.06. The van der Waals surface area contributed by atoms with Gasteiger partial charge < -0.3 is 15.3 Å². The summed E-state index contributed by atoms with van der Waals surface area (Å²) >= 11 is 5.15. The highest BCUT2D eigenvalue weighted by molar-refractivity contribution is 7.80. The first-order chi connectivity index (χ1) is 6.00. The second-order valence-corrected chi connectivity index (χ2v) is 4.22. The van der Waals surface area contributed by atoms with Crippen molar-refractivity contribution in [3.63, 3.8) is 0 Å². The first kappa shape index (κ1) is 10.7. The van der Waals surface area contributed by atoms with Crippen molar-refractivity contribution in [3.8, 4) is 0 Å². The zero-order valence-electron chi connectivity index (χ0n) is 8.50. The van der Waals surface area contributed by atoms with Crippen LogP contribution in [-0.2, 0) is 0 Å². The lowest BCUT2D eigenvalue weighted by molar-refractivity contribution is -0.104. The molecule has 1 aliphatic rings. The molecule has 0 aromatic carbocycles. The minimum absolute atomic E-state index is 0.200. The fraction of sp³-hybridized carbons (Fsp3) is 0.889. The first-order valence-corrected chi connectivity index (χ1v) is 5.18. The van der Waals surface area contributed by atoms with E-state index in [2.05, 4.69) is 12.2 Å². The second kappa shape index (κ2) is 3.80. The predicted molar refractivity (Wildman–Crippen MR) is 57.4 cm³/mol. The van der Waals surface area contributed by atoms with Crippen molar-refractivity contribution in [1.29, 1.82) is 0 Å². The molecule has 76 valence electrons. The molecule has 13 heavy (non-hydrogen) atoms. The van der Waals surface area contributed by atoms with E-state index in [-0.39, 0.29) is 5.92 Å². The Balaban J connectivity index is 2.78. The minimum Gasteiger partial charge on any atom is -0.371 e. The highest BCUT2D eigenvalue weighted by atomic mass is 32.1. The summed E-state index contributed by atoms with van der Waals surface area (Å²) < 4.78 is 0. The fourth-order valence-corrected chi connectivity index (χ4v) is 1.91. The number of nitrogens with one attached hydrogen (secondary N) is 1. The predicted octanol–water partition coefficient (Wildman–Crippen LogP) is 0.931. The van der Waals surface area contributed by atoms with E-state index in [0.29, 0.717) is 5.11 Å². The molecule has 1 saturated heterocycles. The second-order valence-electron chi connectivity index (χ2n) is 3.83. The number of hydrogen-bond acceptors (Lipinski definition) is 2. The van der Waals surface area contributed by atoms with Gasteiger partial charge in [0.15, 0.2) is 5.11 Å². The molecular formula is C9H18N2OS. The van der Waals surface area contributed by atoms with E-state index in [1.807, 2.05) is 18.7 Å². The van der Waals surface area contributed by atoms with Crippen LogP contribution in [0.4, 0.5) is 0 Å². The highest BCUT2D eigenvalue weighted by Crippen LogP contribution is 2.25. The topological polar surface area (TPSA) is 35.5 Å². The number of rotatable bonds is 2. The Morgan fingerprint density at radius 2 is 2.38 bits per heavy atom. The molecule has 0 spiro atoms. The van der Waals surface area contributed by atoms with Crippen molar-refractivity contribution in [2.45, 2.75) is 32.9 Å². The summed E-state index contributed by atoms with van der Waals surface area (Å²) in [7, 11) is 0. The van der Waals surface area contributed by atoms with Gasteiger partial charge in [0.05, 0.1) is 0 Å². The summed E-state index contributed by atoms with van der Waals surface area (Å²) in [4.78, 5) is 1.87. The average molecular weight is 202 g/mol. The Hall–Kier alpha value is -0.350. The van der Waals surface area contributed by atoms with Crippen LogP contribution in [0.3, 0.4) is 0 Å². The van der Waals surface area contributed by atoms with Gasteiger partial charge in [-0.3, -0.25) is 0 Å². The van der Waals surface area contributed by atoms with E-state index in [9.17, 15) is 5.11 Å². The molecule has 0 saturated carbocycles. The minimum atomic E-state index is -0.793. The molecule has 2 unspecified atom stereocenters. The third-order valence-electron chi connectivity index (χ3n) is 2.73. The molecule has 1 aliphatic heterocycles. The quantitative estimate of drug-likeness (QED) is 0.653. The van der Waals surface area contributed by atoms with Gasteiger partial charge in [-0.25, -0.2) is 0 Å². The molecule has 2 atom stereocenters. The van der Waals surface area contributed by atoms with E-state index in [1.54, 1.807) is 0 Å². The summed E-state index contributed by atoms with van der Waals surface area (Å²) in [5.41, 5.74) is -0.793. The Kier molecular flexibility index (Phi) is 3.14. The van der Waals surface area contributed by atoms with Crippen LogP contribution < -0.4 is 5.32 Å². The molecule has 2 N–H and O–H groups in total. The molecule has 3 nitrogen and oxygen atoms in total. The van der Waals surface area contributed by atoms with Gasteiger partial charge in [0.25, 0.3) is 0 Å². The van der Waals surface area contributed by atoms with Gasteiger partial charge in [0.1, 0.15) is 5.72 Å². The van der Waals surface area contributed by atoms with E-state index >= 15 is 0 Å². The first-order valence-electron chi connectivity index (χ1n) is 4.78. The highest BCUT2D eigenvalue weighted by Gasteiger charge is 2.39. The largest absolute Gasteiger partial charge is 0.371 e. The van der Waals surface area contributed by atoms with E-state index in [4.69, 9.17) is 12.2 Å². The van der Waals surface area contributed by atoms with Crippen molar-refractivity contribution in [3.05, 3.63) is 0 Å². The monoisotopic (exact) mass is 202 g/mol. The number of nitrogens with zero attached hydrogens (tertiary/aromatic N) is 1. The van der Waals surface area contributed by atoms with Gasteiger partial charge in [-0.2, -0.15) is 0 Å². The third kappa shape index (κ3) is 1.94. The smallest absolute Gasteiger partial charge is 0.171 e. The number of aliphatic hydroxyl groups is 1. The van der Waals surface area contributed by atoms with Crippen LogP contribution in [-0.4, -0.2) is 33.9 Å². The maximum atomic E-state index is 10.2. The lowest BCUT2D eigenvalue weighted by Crippen LogP contribution is -2.63. The molecule has 0 aromatic heterocycles. The van der Waals surface area contributed by atoms with E-state index in [0.717, 1.165) is 19.5 Å². The maximum Gasteiger partial charge on any atom is 0.171 e. The molecule has 4 heteroatoms. The Labute approximate surface area is 85.1 Å². The van der Waals surface area contributed by atoms with Gasteiger partial charge in [-0.15, -0.1) is 0 Å². The maximum absolute atomic E-state index is 10.2. The van der Waals surface area contributed by atoms with Crippen LogP contribution in [0.5, 0.6) is 0 Å². The molecule has 0 aliphatic carbocycles. The summed E-state index contributed by atoms with van der Waals surface area (Å²) in [6.45, 7) is 7.51. The molecule has 1 heterocycles. The molecule has 0 radical (unpaired) electrons. The summed E-state index contributed by atoms with van der Waals surface area (Å²) in [5, 5.41) is 14.0. The zero-order valence-corrected chi connectivity index (χ0v) is 9.32. The molecule has 0 amide bonds.